The average Bonchev–Trinajstić information content (AvgIpc) is 2.12. The molecule has 0 aromatic heterocycles. The van der Waals surface area contributed by atoms with Gasteiger partial charge in [0.2, 0.25) is 11.8 Å². The fraction of sp³-hybridized carbons (Fsp3) is 0.700. The molecule has 1 heterocycles. The van der Waals surface area contributed by atoms with Crippen molar-refractivity contribution in [2.24, 2.45) is 0 Å². The number of Topliss-reactive ketones (excluding diaryl/α,β-unsaturated/α-hetero) is 1. The molecule has 0 bridgehead atoms. The molecule has 4 nitrogen and oxygen atoms in total. The third kappa shape index (κ3) is 2.65. The van der Waals surface area contributed by atoms with Gasteiger partial charge in [0.1, 0.15) is 0 Å². The van der Waals surface area contributed by atoms with E-state index >= 15 is 0 Å². The van der Waals surface area contributed by atoms with Crippen molar-refractivity contribution in [1.29, 1.82) is 0 Å². The van der Waals surface area contributed by atoms with Crippen LogP contribution in [0.5, 0.6) is 0 Å². The Balaban J connectivity index is 2.52. The highest BCUT2D eigenvalue weighted by atomic mass is 16.2. The van der Waals surface area contributed by atoms with Crippen molar-refractivity contribution in [3.05, 3.63) is 0 Å². The molecule has 0 radical (unpaired) electrons. The lowest BCUT2D eigenvalue weighted by molar-refractivity contribution is -0.150. The van der Waals surface area contributed by atoms with Crippen LogP contribution in [0.1, 0.15) is 39.0 Å². The molecule has 1 aliphatic rings. The van der Waals surface area contributed by atoms with Crippen LogP contribution in [0.3, 0.4) is 0 Å². The number of piperidine rings is 1. The van der Waals surface area contributed by atoms with Gasteiger partial charge in [-0.15, -0.1) is 0 Å². The van der Waals surface area contributed by atoms with Gasteiger partial charge in [-0.3, -0.25) is 19.3 Å². The van der Waals surface area contributed by atoms with Gasteiger partial charge < -0.3 is 0 Å². The first-order valence-corrected chi connectivity index (χ1v) is 5.00. The maximum Gasteiger partial charge on any atom is 0.229 e. The first-order chi connectivity index (χ1) is 6.65. The standard InChI is InChI=1S/C10H15NO3/c1-2-4-8(12)7-11-9(13)5-3-6-10(11)14/h2-7H2,1H3. The average molecular weight is 197 g/mol. The molecule has 0 aromatic rings. The third-order valence-corrected chi connectivity index (χ3v) is 2.25. The van der Waals surface area contributed by atoms with Gasteiger partial charge in [-0.05, 0) is 12.8 Å². The SMILES string of the molecule is CCCC(=O)CN1C(=O)CCCC1=O. The van der Waals surface area contributed by atoms with Gasteiger partial charge in [-0.2, -0.15) is 0 Å². The Hall–Kier alpha value is -1.19. The molecule has 1 rings (SSSR count). The van der Waals surface area contributed by atoms with E-state index in [-0.39, 0.29) is 24.1 Å². The maximum atomic E-state index is 11.3. The van der Waals surface area contributed by atoms with E-state index in [1.165, 1.54) is 0 Å². The molecule has 0 N–H and O–H groups in total. The molecule has 1 fully saturated rings. The van der Waals surface area contributed by atoms with Gasteiger partial charge in [0, 0.05) is 19.3 Å². The molecule has 0 saturated carbocycles. The van der Waals surface area contributed by atoms with Gasteiger partial charge in [0.15, 0.2) is 5.78 Å². The fourth-order valence-electron chi connectivity index (χ4n) is 1.51. The molecule has 0 aromatic carbocycles. The highest BCUT2D eigenvalue weighted by Crippen LogP contribution is 2.12. The van der Waals surface area contributed by atoms with Crippen LogP contribution in [0.4, 0.5) is 0 Å². The first kappa shape index (κ1) is 10.9. The van der Waals surface area contributed by atoms with Gasteiger partial charge in [0.05, 0.1) is 6.54 Å². The smallest absolute Gasteiger partial charge is 0.229 e. The molecule has 1 aliphatic heterocycles. The van der Waals surface area contributed by atoms with Crippen molar-refractivity contribution >= 4 is 17.6 Å². The Morgan fingerprint density at radius 1 is 1.29 bits per heavy atom. The van der Waals surface area contributed by atoms with Crippen molar-refractivity contribution < 1.29 is 14.4 Å². The van der Waals surface area contributed by atoms with Crippen LogP contribution in [0.25, 0.3) is 0 Å². The molecule has 78 valence electrons. The van der Waals surface area contributed by atoms with Gasteiger partial charge >= 0.3 is 0 Å². The first-order valence-electron chi connectivity index (χ1n) is 5.00. The minimum Gasteiger partial charge on any atom is -0.298 e. The lowest BCUT2D eigenvalue weighted by atomic mass is 10.1. The molecule has 0 unspecified atom stereocenters. The van der Waals surface area contributed by atoms with Gasteiger partial charge in [0.25, 0.3) is 0 Å². The number of likely N-dealkylation sites (tertiary alicyclic amines) is 1. The summed E-state index contributed by atoms with van der Waals surface area (Å²) < 4.78 is 0. The predicted molar refractivity (Wildman–Crippen MR) is 50.5 cm³/mol. The summed E-state index contributed by atoms with van der Waals surface area (Å²) in [7, 11) is 0. The highest BCUT2D eigenvalue weighted by molar-refractivity contribution is 6.01. The van der Waals surface area contributed by atoms with Crippen LogP contribution < -0.4 is 0 Å². The summed E-state index contributed by atoms with van der Waals surface area (Å²) in [5.41, 5.74) is 0. The lowest BCUT2D eigenvalue weighted by Gasteiger charge is -2.23. The minimum absolute atomic E-state index is 0.0223. The zero-order valence-corrected chi connectivity index (χ0v) is 8.41. The van der Waals surface area contributed by atoms with Gasteiger partial charge in [-0.1, -0.05) is 6.92 Å². The zero-order valence-electron chi connectivity index (χ0n) is 8.41. The summed E-state index contributed by atoms with van der Waals surface area (Å²) in [4.78, 5) is 34.9. The number of carbonyl (C=O) groups excluding carboxylic acids is 3. The third-order valence-electron chi connectivity index (χ3n) is 2.25. The second-order valence-electron chi connectivity index (χ2n) is 3.52. The topological polar surface area (TPSA) is 54.5 Å². The van der Waals surface area contributed by atoms with E-state index < -0.39 is 0 Å². The number of rotatable bonds is 4. The van der Waals surface area contributed by atoms with Crippen molar-refractivity contribution in [2.75, 3.05) is 6.54 Å². The monoisotopic (exact) mass is 197 g/mol. The molecular weight excluding hydrogens is 182 g/mol. The Bertz CT molecular complexity index is 244. The number of ketones is 1. The molecule has 14 heavy (non-hydrogen) atoms. The van der Waals surface area contributed by atoms with E-state index in [1.807, 2.05) is 6.92 Å². The molecule has 0 atom stereocenters. The van der Waals surface area contributed by atoms with Crippen LogP contribution in [0.2, 0.25) is 0 Å². The van der Waals surface area contributed by atoms with E-state index in [1.54, 1.807) is 0 Å². The van der Waals surface area contributed by atoms with Crippen LogP contribution >= 0.6 is 0 Å². The van der Waals surface area contributed by atoms with Crippen molar-refractivity contribution in [1.82, 2.24) is 4.90 Å². The summed E-state index contributed by atoms with van der Waals surface area (Å²) in [5.74, 6) is -0.437. The van der Waals surface area contributed by atoms with Gasteiger partial charge in [-0.25, -0.2) is 0 Å². The Morgan fingerprint density at radius 3 is 2.36 bits per heavy atom. The number of hydrogen-bond acceptors (Lipinski definition) is 3. The van der Waals surface area contributed by atoms with Crippen LogP contribution in [0.15, 0.2) is 0 Å². The van der Waals surface area contributed by atoms with Crippen LogP contribution in [-0.4, -0.2) is 29.0 Å². The Labute approximate surface area is 83.3 Å². The summed E-state index contributed by atoms with van der Waals surface area (Å²) in [6, 6.07) is 0. The summed E-state index contributed by atoms with van der Waals surface area (Å²) >= 11 is 0. The predicted octanol–water partition coefficient (Wildman–Crippen LogP) is 0.895. The van der Waals surface area contributed by atoms with E-state index in [0.29, 0.717) is 25.7 Å². The normalized spacial score (nSPS) is 17.4. The summed E-state index contributed by atoms with van der Waals surface area (Å²) in [6.45, 7) is 1.88. The minimum atomic E-state index is -0.203. The molecular formula is C10H15NO3. The second-order valence-corrected chi connectivity index (χ2v) is 3.52. The highest BCUT2D eigenvalue weighted by Gasteiger charge is 2.26. The number of carbonyl (C=O) groups is 3. The molecule has 0 aliphatic carbocycles. The molecule has 1 saturated heterocycles. The summed E-state index contributed by atoms with van der Waals surface area (Å²) in [5, 5.41) is 0. The Morgan fingerprint density at radius 2 is 1.86 bits per heavy atom. The van der Waals surface area contributed by atoms with Crippen LogP contribution in [0, 0.1) is 0 Å². The van der Waals surface area contributed by atoms with E-state index in [2.05, 4.69) is 0 Å². The van der Waals surface area contributed by atoms with Crippen molar-refractivity contribution in [2.45, 2.75) is 39.0 Å². The number of imide groups is 1. The van der Waals surface area contributed by atoms with E-state index in [9.17, 15) is 14.4 Å². The fourth-order valence-corrected chi connectivity index (χ4v) is 1.51. The lowest BCUT2D eigenvalue weighted by Crippen LogP contribution is -2.43. The number of nitrogens with zero attached hydrogens (tertiary/aromatic N) is 1. The number of amides is 2. The molecule has 2 amide bonds. The van der Waals surface area contributed by atoms with E-state index in [4.69, 9.17) is 0 Å². The van der Waals surface area contributed by atoms with E-state index in [0.717, 1.165) is 11.3 Å². The number of hydrogen-bond donors (Lipinski definition) is 0. The Kier molecular flexibility index (Phi) is 3.80. The largest absolute Gasteiger partial charge is 0.298 e. The molecule has 4 heteroatoms. The molecule has 0 spiro atoms. The van der Waals surface area contributed by atoms with Crippen LogP contribution in [-0.2, 0) is 14.4 Å². The maximum absolute atomic E-state index is 11.3. The quantitative estimate of drug-likeness (QED) is 0.629. The van der Waals surface area contributed by atoms with Crippen molar-refractivity contribution in [3.8, 4) is 0 Å². The zero-order chi connectivity index (χ0) is 10.6. The summed E-state index contributed by atoms with van der Waals surface area (Å²) in [6.07, 6.45) is 2.61. The van der Waals surface area contributed by atoms with Crippen molar-refractivity contribution in [3.63, 3.8) is 0 Å². The second kappa shape index (κ2) is 4.88.